The van der Waals surface area contributed by atoms with Crippen molar-refractivity contribution in [2.75, 3.05) is 97.0 Å². The highest BCUT2D eigenvalue weighted by Crippen LogP contribution is 2.43. The van der Waals surface area contributed by atoms with Gasteiger partial charge in [0.25, 0.3) is 11.8 Å². The van der Waals surface area contributed by atoms with Crippen molar-refractivity contribution >= 4 is 152 Å². The number of rotatable bonds is 29. The third-order valence-electron chi connectivity index (χ3n) is 22.5. The van der Waals surface area contributed by atoms with Crippen molar-refractivity contribution in [3.8, 4) is 33.9 Å². The maximum Gasteiger partial charge on any atom is 0.336 e. The molecule has 1 aliphatic carbocycles. The van der Waals surface area contributed by atoms with Crippen LogP contribution >= 0.6 is 11.8 Å². The predicted octanol–water partition coefficient (Wildman–Crippen LogP) is 0.395. The molecular weight excluding hydrogens is 1720 g/mol. The van der Waals surface area contributed by atoms with Crippen molar-refractivity contribution in [3.05, 3.63) is 123 Å². The van der Waals surface area contributed by atoms with Crippen molar-refractivity contribution in [3.63, 3.8) is 0 Å². The summed E-state index contributed by atoms with van der Waals surface area (Å²) < 4.78 is 12.0. The number of thioether (sulfide) groups is 1. The van der Waals surface area contributed by atoms with E-state index in [1.54, 1.807) is 43.0 Å². The van der Waals surface area contributed by atoms with Crippen molar-refractivity contribution in [1.82, 2.24) is 68.1 Å². The highest BCUT2D eigenvalue weighted by Gasteiger charge is 2.37. The van der Waals surface area contributed by atoms with Gasteiger partial charge in [-0.25, -0.2) is 4.79 Å². The number of carboxylic acids is 2. The number of phenolic OH excluding ortho intramolecular Hbond substituents is 1. The molecule has 5 aliphatic heterocycles. The molecule has 6 heterocycles. The largest absolute Gasteiger partial charge is 0.508 e. The topological polar surface area (TPSA) is 686 Å². The number of hydrogen-bond donors (Lipinski definition) is 21. The smallest absolute Gasteiger partial charge is 0.336 e. The SMILES string of the molecule is CC[C@H](C)[C@@H]1NC(=O)c2cc(cc(NC(=O)CNC(=O)C3CCN(c4nc(Nc5ccc(-c6c7ccc(=O)cc-7oc7cc(O)ccc67)c(C(=O)O)c5)nc(N5CCC(C(=O)NCC(=O)Nc6ccc7c(c6)C(=O)N[C@@H](CCC(=O)O)C(=O)N[C@@H](CCCCN)C(=O)N[C@H](C(N)=O)CCO7)CC5)n4)CC3)c2)CSC[C@@H](C(N)=O)NC(=O)CNC(=O)[C@H](CCCNC(=N)N)NC1=O. The van der Waals surface area contributed by atoms with Crippen LogP contribution < -0.4 is 112 Å². The van der Waals surface area contributed by atoms with E-state index in [0.29, 0.717) is 41.3 Å². The quantitative estimate of drug-likeness (QED) is 0.0131. The standard InChI is InChI=1S/C86H105N23O21S/c1-3-43(2)71-81(126)103-59(8-6-25-92-83(90)91)78(123)95-40-68(114)99-62(73(89)118)42-131-41-44-31-47(76(121)104-71)33-50(32-44)97-67(113)39-94-75(120)46-21-28-109(29-22-46)86-106-84(98-49-9-13-53(56(34-49)82(127)128)70-54-14-11-51(110)36-64(54)130-65-37-52(111)12-15-55(65)70)105-85(107-86)108-26-19-45(20-27-108)74(119)93-38-66(112)96-48-10-17-63-57(35-48)77(122)101-61(16-18-69(115)116)80(125)102-60(7-4-5-24-87)79(124)100-58(72(88)117)23-30-129-63/h9-15,17,31-37,43,45-46,58-62,71,110H,3-8,16,18-30,38-42,87H2,1-2H3,(H2,88,117)(H2,89,118)(H,93,119)(H,94,120)(H,95,123)(H,96,112)(H,97,113)(H,99,114)(H,100,124)(H,101,122)(H,102,125)(H,103,126)(H,104,121)(H,115,116)(H,127,128)(H4,90,91,92)(H,98,105,106,107)/t43-,58-,59-,60-,61-,62-,71-/m0/s1. The second-order valence-corrected chi connectivity index (χ2v) is 33.0. The van der Waals surface area contributed by atoms with E-state index >= 15 is 0 Å². The minimum atomic E-state index is -1.52. The number of nitrogens with zero attached hydrogens (tertiary/aromatic N) is 5. The molecular formula is C86H105N23O21S. The molecule has 45 heteroatoms. The summed E-state index contributed by atoms with van der Waals surface area (Å²) in [6.07, 6.45) is 1.23. The molecule has 2 saturated heterocycles. The number of anilines is 6. The average Bonchev–Trinajstić information content (AvgIpc) is 0.743. The van der Waals surface area contributed by atoms with Gasteiger partial charge in [0.15, 0.2) is 11.4 Å². The van der Waals surface area contributed by atoms with Gasteiger partial charge in [0.2, 0.25) is 82.8 Å². The summed E-state index contributed by atoms with van der Waals surface area (Å²) >= 11 is 1.15. The number of aromatic nitrogens is 3. The van der Waals surface area contributed by atoms with E-state index in [0.717, 1.165) is 11.8 Å². The molecule has 44 nitrogen and oxygen atoms in total. The highest BCUT2D eigenvalue weighted by atomic mass is 32.2. The van der Waals surface area contributed by atoms with Crippen LogP contribution in [0.25, 0.3) is 33.4 Å². The van der Waals surface area contributed by atoms with Crippen LogP contribution in [0.5, 0.6) is 11.5 Å². The lowest BCUT2D eigenvalue weighted by atomic mass is 9.90. The first-order chi connectivity index (χ1) is 62.7. The zero-order valence-electron chi connectivity index (χ0n) is 71.7. The van der Waals surface area contributed by atoms with Gasteiger partial charge in [0.1, 0.15) is 59.1 Å². The predicted molar refractivity (Wildman–Crippen MR) is 479 cm³/mol. The van der Waals surface area contributed by atoms with Crippen molar-refractivity contribution < 1.29 is 96.4 Å². The number of piperidine rings is 2. The zero-order valence-corrected chi connectivity index (χ0v) is 72.5. The number of ether oxygens (including phenoxy) is 1. The van der Waals surface area contributed by atoms with Crippen LogP contribution in [0.3, 0.4) is 0 Å². The number of guanidine groups is 1. The van der Waals surface area contributed by atoms with E-state index in [1.807, 2.05) is 4.90 Å². The van der Waals surface area contributed by atoms with E-state index in [9.17, 15) is 92.0 Å². The minimum absolute atomic E-state index is 0.000233. The number of aromatic carboxylic acids is 1. The number of primary amides is 2. The van der Waals surface area contributed by atoms with Crippen LogP contribution in [-0.4, -0.2) is 232 Å². The van der Waals surface area contributed by atoms with E-state index in [-0.39, 0.29) is 200 Å². The van der Waals surface area contributed by atoms with E-state index in [2.05, 4.69) is 69.1 Å². The molecule has 7 atom stereocenters. The van der Waals surface area contributed by atoms with Crippen LogP contribution in [-0.2, 0) is 63.3 Å². The van der Waals surface area contributed by atoms with E-state index in [1.165, 1.54) is 66.7 Å². The Kier molecular flexibility index (Phi) is 33.5. The number of aromatic hydroxyl groups is 1. The first-order valence-electron chi connectivity index (χ1n) is 42.6. The number of nitrogens with one attached hydrogen (secondary N) is 14. The van der Waals surface area contributed by atoms with Crippen LogP contribution in [0.2, 0.25) is 0 Å². The van der Waals surface area contributed by atoms with Gasteiger partial charge in [-0.05, 0) is 161 Å². The van der Waals surface area contributed by atoms with Gasteiger partial charge in [-0.1, -0.05) is 26.3 Å². The summed E-state index contributed by atoms with van der Waals surface area (Å²) in [5, 5.41) is 73.6. The van der Waals surface area contributed by atoms with Crippen LogP contribution in [0.15, 0.2) is 100 Å². The van der Waals surface area contributed by atoms with Crippen molar-refractivity contribution in [1.29, 1.82) is 5.41 Å². The lowest BCUT2D eigenvalue weighted by molar-refractivity contribution is -0.138. The first kappa shape index (κ1) is 96.8. The number of benzene rings is 5. The highest BCUT2D eigenvalue weighted by molar-refractivity contribution is 7.98. The number of carbonyl (C=O) groups excluding carboxylic acids is 13. The molecule has 0 saturated carbocycles. The third kappa shape index (κ3) is 26.7. The lowest BCUT2D eigenvalue weighted by Gasteiger charge is -2.34. The summed E-state index contributed by atoms with van der Waals surface area (Å²) in [4.78, 5) is 234. The normalized spacial score (nSPS) is 19.1. The Morgan fingerprint density at radius 2 is 1.24 bits per heavy atom. The summed E-state index contributed by atoms with van der Waals surface area (Å²) in [5.74, 6) is -14.3. The number of fused-ring (bicyclic) bond motifs is 5. The molecule has 131 heavy (non-hydrogen) atoms. The molecule has 4 aromatic carbocycles. The summed E-state index contributed by atoms with van der Waals surface area (Å²) in [6, 6.07) is 13.6. The van der Waals surface area contributed by atoms with Crippen molar-refractivity contribution in [2.24, 2.45) is 40.7 Å². The Labute approximate surface area is 753 Å². The molecule has 5 aromatic rings. The zero-order chi connectivity index (χ0) is 94.3. The second kappa shape index (κ2) is 45.3. The molecule has 2 bridgehead atoms. The summed E-state index contributed by atoms with van der Waals surface area (Å²) in [6.45, 7) is 2.74. The van der Waals surface area contributed by atoms with Gasteiger partial charge < -0.3 is 126 Å². The average molecular weight is 1830 g/mol. The van der Waals surface area contributed by atoms with Crippen molar-refractivity contribution in [2.45, 2.75) is 139 Å². The number of amides is 13. The molecule has 0 radical (unpaired) electrons. The van der Waals surface area contributed by atoms with Gasteiger partial charge in [0.05, 0.1) is 37.4 Å². The fourth-order valence-electron chi connectivity index (χ4n) is 15.3. The molecule has 696 valence electrons. The molecule has 2 fully saturated rings. The van der Waals surface area contributed by atoms with Crippen LogP contribution in [0.1, 0.15) is 134 Å². The molecule has 0 unspecified atom stereocenters. The molecule has 1 aromatic heterocycles. The Morgan fingerprint density at radius 3 is 1.88 bits per heavy atom. The Balaban J connectivity index is 0.779. The third-order valence-corrected chi connectivity index (χ3v) is 23.6. The number of unbranched alkanes of at least 4 members (excludes halogenated alkanes) is 1. The van der Waals surface area contributed by atoms with Gasteiger partial charge in [-0.15, -0.1) is 0 Å². The fourth-order valence-corrected chi connectivity index (χ4v) is 16.3. The monoisotopic (exact) mass is 1830 g/mol. The second-order valence-electron chi connectivity index (χ2n) is 32.0. The maximum absolute atomic E-state index is 14.4. The number of carboxylic acid groups (broad SMARTS) is 2. The number of aliphatic carboxylic acids is 1. The Bertz CT molecular complexity index is 5550. The molecule has 6 aliphatic rings. The number of phenols is 1. The van der Waals surface area contributed by atoms with E-state index in [4.69, 9.17) is 52.4 Å². The minimum Gasteiger partial charge on any atom is -0.508 e. The Hall–Kier alpha value is -14.8. The van der Waals surface area contributed by atoms with Gasteiger partial charge in [0, 0.05) is 120 Å². The van der Waals surface area contributed by atoms with Gasteiger partial charge in [-0.3, -0.25) is 77.3 Å². The first-order valence-corrected chi connectivity index (χ1v) is 43.8. The molecule has 11 rings (SSSR count). The van der Waals surface area contributed by atoms with Gasteiger partial charge >= 0.3 is 11.9 Å². The number of hydrogen-bond acceptors (Lipinski definition) is 28. The van der Waals surface area contributed by atoms with E-state index < -0.39 is 175 Å². The van der Waals surface area contributed by atoms with Gasteiger partial charge in [-0.2, -0.15) is 26.7 Å². The molecule has 25 N–H and O–H groups in total. The fraction of sp³-hybridized carbons (Fsp3) is 0.419. The number of carbonyl (C=O) groups is 15. The Morgan fingerprint density at radius 1 is 0.611 bits per heavy atom. The lowest BCUT2D eigenvalue weighted by Crippen LogP contribution is -2.56. The maximum atomic E-state index is 14.4. The summed E-state index contributed by atoms with van der Waals surface area (Å²) in [7, 11) is 0. The summed E-state index contributed by atoms with van der Waals surface area (Å²) in [5.41, 5.74) is 23.6. The van der Waals surface area contributed by atoms with Crippen LogP contribution in [0.4, 0.5) is 34.9 Å². The molecule has 0 spiro atoms. The van der Waals surface area contributed by atoms with Crippen LogP contribution in [0, 0.1) is 23.2 Å². The molecule has 13 amide bonds. The number of nitrogens with two attached hydrogens (primary N) is 4.